The predicted molar refractivity (Wildman–Crippen MR) is 122 cm³/mol. The number of carbonyl (C=O) groups is 1. The summed E-state index contributed by atoms with van der Waals surface area (Å²) in [6.07, 6.45) is 2.31. The third-order valence-electron chi connectivity index (χ3n) is 5.60. The molecule has 0 saturated heterocycles. The first kappa shape index (κ1) is 22.9. The van der Waals surface area contributed by atoms with Gasteiger partial charge in [-0.3, -0.25) is 14.7 Å². The molecule has 1 amide bonds. The number of thiophene rings is 1. The average Bonchev–Trinajstić information content (AvgIpc) is 3.20. The molecule has 1 N–H and O–H groups in total. The van der Waals surface area contributed by atoms with Crippen LogP contribution in [0.3, 0.4) is 0 Å². The molecule has 6 nitrogen and oxygen atoms in total. The van der Waals surface area contributed by atoms with E-state index >= 15 is 0 Å². The van der Waals surface area contributed by atoms with E-state index < -0.39 is 10.0 Å². The number of carbonyl (C=O) groups excluding carboxylic acids is 1. The zero-order valence-electron chi connectivity index (χ0n) is 17.9. The van der Waals surface area contributed by atoms with Crippen LogP contribution < -0.4 is 4.83 Å². The summed E-state index contributed by atoms with van der Waals surface area (Å²) in [5, 5.41) is 3.40. The molecule has 0 saturated carbocycles. The molecule has 1 aromatic heterocycles. The van der Waals surface area contributed by atoms with Crippen molar-refractivity contribution < 1.29 is 13.2 Å². The number of nitrogens with zero attached hydrogens (tertiary/aromatic N) is 2. The number of fused-ring (bicyclic) bond motifs is 1. The molecular weight excluding hydrogens is 418 g/mol. The van der Waals surface area contributed by atoms with Crippen LogP contribution in [-0.2, 0) is 16.4 Å². The van der Waals surface area contributed by atoms with Crippen molar-refractivity contribution in [1.82, 2.24) is 14.7 Å². The Morgan fingerprint density at radius 2 is 1.97 bits per heavy atom. The number of unbranched alkanes of at least 4 members (excludes halogenated alkanes) is 1. The lowest BCUT2D eigenvalue weighted by Crippen LogP contribution is -2.51. The van der Waals surface area contributed by atoms with Gasteiger partial charge in [-0.15, -0.1) is 16.2 Å². The Balaban J connectivity index is 1.76. The number of rotatable bonds is 9. The van der Waals surface area contributed by atoms with E-state index in [1.807, 2.05) is 13.0 Å². The normalized spacial score (nSPS) is 19.4. The maximum Gasteiger partial charge on any atom is 0.268 e. The van der Waals surface area contributed by atoms with Gasteiger partial charge >= 0.3 is 0 Å². The van der Waals surface area contributed by atoms with Crippen LogP contribution in [0.2, 0.25) is 0 Å². The van der Waals surface area contributed by atoms with E-state index in [0.29, 0.717) is 24.6 Å². The van der Waals surface area contributed by atoms with E-state index in [1.165, 1.54) is 15.4 Å². The SMILES string of the molecule is CCCCS(=O)(=O)NN(CCN1C(C)Cc2ccsc2C1C)C(=O)c1ccccc1. The van der Waals surface area contributed by atoms with Crippen molar-refractivity contribution >= 4 is 27.3 Å². The molecule has 2 aromatic rings. The second-order valence-electron chi connectivity index (χ2n) is 7.86. The monoisotopic (exact) mass is 449 g/mol. The molecule has 1 aromatic carbocycles. The predicted octanol–water partition coefficient (Wildman–Crippen LogP) is 3.83. The minimum Gasteiger partial charge on any atom is -0.291 e. The second kappa shape index (κ2) is 10.0. The van der Waals surface area contributed by atoms with Gasteiger partial charge in [0.1, 0.15) is 0 Å². The highest BCUT2D eigenvalue weighted by Gasteiger charge is 2.31. The van der Waals surface area contributed by atoms with Gasteiger partial charge in [0.15, 0.2) is 0 Å². The Kier molecular flexibility index (Phi) is 7.68. The first-order valence-corrected chi connectivity index (χ1v) is 13.0. The summed E-state index contributed by atoms with van der Waals surface area (Å²) in [4.78, 5) is 19.3. The maximum atomic E-state index is 13.1. The van der Waals surface area contributed by atoms with Crippen LogP contribution in [0, 0.1) is 0 Å². The lowest BCUT2D eigenvalue weighted by atomic mass is 9.97. The number of sulfonamides is 1. The Morgan fingerprint density at radius 3 is 2.67 bits per heavy atom. The van der Waals surface area contributed by atoms with Crippen molar-refractivity contribution in [3.63, 3.8) is 0 Å². The van der Waals surface area contributed by atoms with Crippen molar-refractivity contribution in [1.29, 1.82) is 0 Å². The van der Waals surface area contributed by atoms with Crippen molar-refractivity contribution in [2.75, 3.05) is 18.8 Å². The number of amides is 1. The molecule has 1 aliphatic heterocycles. The minimum absolute atomic E-state index is 0.0111. The summed E-state index contributed by atoms with van der Waals surface area (Å²) in [5.74, 6) is -0.318. The van der Waals surface area contributed by atoms with E-state index in [1.54, 1.807) is 35.6 Å². The fourth-order valence-corrected chi connectivity index (χ4v) is 6.24. The molecule has 1 aliphatic rings. The van der Waals surface area contributed by atoms with Gasteiger partial charge in [-0.25, -0.2) is 8.42 Å². The van der Waals surface area contributed by atoms with Gasteiger partial charge < -0.3 is 0 Å². The smallest absolute Gasteiger partial charge is 0.268 e. The highest BCUT2D eigenvalue weighted by Crippen LogP contribution is 2.36. The highest BCUT2D eigenvalue weighted by molar-refractivity contribution is 7.89. The van der Waals surface area contributed by atoms with Crippen molar-refractivity contribution in [3.05, 3.63) is 57.8 Å². The minimum atomic E-state index is -3.58. The Morgan fingerprint density at radius 1 is 1.23 bits per heavy atom. The summed E-state index contributed by atoms with van der Waals surface area (Å²) in [7, 11) is -3.58. The van der Waals surface area contributed by atoms with Crippen molar-refractivity contribution in [3.8, 4) is 0 Å². The van der Waals surface area contributed by atoms with Gasteiger partial charge in [-0.05, 0) is 55.8 Å². The summed E-state index contributed by atoms with van der Waals surface area (Å²) in [5.41, 5.74) is 1.87. The average molecular weight is 450 g/mol. The van der Waals surface area contributed by atoms with E-state index in [-0.39, 0.29) is 24.2 Å². The van der Waals surface area contributed by atoms with Crippen molar-refractivity contribution in [2.24, 2.45) is 0 Å². The lowest BCUT2D eigenvalue weighted by molar-refractivity contribution is 0.0641. The first-order valence-electron chi connectivity index (χ1n) is 10.5. The van der Waals surface area contributed by atoms with Crippen LogP contribution in [0.5, 0.6) is 0 Å². The molecule has 2 unspecified atom stereocenters. The topological polar surface area (TPSA) is 69.7 Å². The Hall–Kier alpha value is -1.74. The molecule has 30 heavy (non-hydrogen) atoms. The number of nitrogens with one attached hydrogen (secondary N) is 1. The van der Waals surface area contributed by atoms with Gasteiger partial charge in [0.25, 0.3) is 5.91 Å². The van der Waals surface area contributed by atoms with Crippen molar-refractivity contribution in [2.45, 2.75) is 52.1 Å². The fraction of sp³-hybridized carbons (Fsp3) is 0.500. The van der Waals surface area contributed by atoms with Crippen LogP contribution in [0.15, 0.2) is 41.8 Å². The largest absolute Gasteiger partial charge is 0.291 e. The van der Waals surface area contributed by atoms with Gasteiger partial charge in [0, 0.05) is 29.1 Å². The van der Waals surface area contributed by atoms with Crippen LogP contribution in [0.25, 0.3) is 0 Å². The molecule has 2 atom stereocenters. The van der Waals surface area contributed by atoms with Gasteiger partial charge in [0.05, 0.1) is 12.3 Å². The number of hydrogen-bond acceptors (Lipinski definition) is 5. The molecule has 3 rings (SSSR count). The Labute approximate surface area is 183 Å². The molecule has 164 valence electrons. The second-order valence-corrected chi connectivity index (χ2v) is 10.6. The van der Waals surface area contributed by atoms with Crippen LogP contribution in [-0.4, -0.2) is 49.1 Å². The summed E-state index contributed by atoms with van der Waals surface area (Å²) in [6.45, 7) is 7.19. The quantitative estimate of drug-likeness (QED) is 0.591. The van der Waals surface area contributed by atoms with E-state index in [0.717, 1.165) is 12.8 Å². The Bertz CT molecular complexity index is 944. The number of hydrazine groups is 1. The molecule has 0 bridgehead atoms. The first-order chi connectivity index (χ1) is 14.3. The number of hydrogen-bond donors (Lipinski definition) is 1. The molecule has 2 heterocycles. The summed E-state index contributed by atoms with van der Waals surface area (Å²) >= 11 is 1.76. The molecule has 0 spiro atoms. The molecule has 0 fully saturated rings. The fourth-order valence-electron chi connectivity index (χ4n) is 3.95. The van der Waals surface area contributed by atoms with Crippen LogP contribution in [0.1, 0.15) is 60.5 Å². The van der Waals surface area contributed by atoms with Crippen LogP contribution in [0.4, 0.5) is 0 Å². The molecule has 0 aliphatic carbocycles. The van der Waals surface area contributed by atoms with E-state index in [4.69, 9.17) is 0 Å². The van der Waals surface area contributed by atoms with Gasteiger partial charge in [-0.2, -0.15) is 0 Å². The third-order valence-corrected chi connectivity index (χ3v) is 8.06. The zero-order valence-corrected chi connectivity index (χ0v) is 19.5. The van der Waals surface area contributed by atoms with E-state index in [2.05, 4.69) is 35.0 Å². The number of benzene rings is 1. The van der Waals surface area contributed by atoms with Gasteiger partial charge in [-0.1, -0.05) is 31.5 Å². The van der Waals surface area contributed by atoms with Gasteiger partial charge in [0.2, 0.25) is 10.0 Å². The van der Waals surface area contributed by atoms with E-state index in [9.17, 15) is 13.2 Å². The molecule has 8 heteroatoms. The third kappa shape index (κ3) is 5.49. The summed E-state index contributed by atoms with van der Waals surface area (Å²) in [6, 6.07) is 11.6. The van der Waals surface area contributed by atoms with Crippen LogP contribution >= 0.6 is 11.3 Å². The summed E-state index contributed by atoms with van der Waals surface area (Å²) < 4.78 is 25.1. The standard InChI is InChI=1S/C22H31N3O3S2/c1-4-5-15-30(27,28)23-25(22(26)19-9-7-6-8-10-19)13-12-24-17(2)16-20-11-14-29-21(20)18(24)3/h6-11,14,17-18,23H,4-5,12-13,15-16H2,1-3H3. The zero-order chi connectivity index (χ0) is 21.7. The maximum absolute atomic E-state index is 13.1. The molecule has 0 radical (unpaired) electrons. The highest BCUT2D eigenvalue weighted by atomic mass is 32.2. The molecular formula is C22H31N3O3S2. The lowest BCUT2D eigenvalue weighted by Gasteiger charge is -2.39.